The third kappa shape index (κ3) is 10.6. The van der Waals surface area contributed by atoms with Crippen LogP contribution in [-0.4, -0.2) is 81.4 Å². The van der Waals surface area contributed by atoms with E-state index in [-0.39, 0.29) is 60.9 Å². The Hall–Kier alpha value is -6.04. The summed E-state index contributed by atoms with van der Waals surface area (Å²) in [7, 11) is 1.74. The van der Waals surface area contributed by atoms with Crippen LogP contribution < -0.4 is 20.3 Å². The molecule has 340 valence electrons. The van der Waals surface area contributed by atoms with Crippen LogP contribution in [0.5, 0.6) is 11.5 Å². The molecule has 15 heteroatoms. The maximum Gasteiger partial charge on any atom is 0.280 e. The standard InChI is InChI=1S/C50H58N7O7P/c1-11-16-35(29-51)30-63-65(57(33(3)4)34(5)6)42-28-43(56-32-52-44-45(56)53-48(54-46(44)58)55-47(59)49(7,8)27-12-2)64-41(42)31-62-50(36-17-14-13-15-18-36,37-19-23-39(60-9)24-20-37)38-21-25-40(61-10)26-22-38/h1-2,13-15,17-26,32-35,41-43H,16,27-28,30-31H2,3-10H3,(H2,53,54,55,58,59)/t35?,41-,42?,43-,65?/m1/s1. The van der Waals surface area contributed by atoms with Gasteiger partial charge in [-0.1, -0.05) is 68.4 Å². The minimum atomic E-state index is -1.52. The molecule has 0 radical (unpaired) electrons. The summed E-state index contributed by atoms with van der Waals surface area (Å²) in [6, 6.07) is 28.0. The van der Waals surface area contributed by atoms with Gasteiger partial charge in [-0.05, 0) is 68.7 Å². The van der Waals surface area contributed by atoms with Crippen molar-refractivity contribution in [2.24, 2.45) is 11.3 Å². The van der Waals surface area contributed by atoms with Crippen LogP contribution in [-0.2, 0) is 24.4 Å². The molecule has 0 saturated carbocycles. The number of rotatable bonds is 20. The molecule has 1 amide bonds. The van der Waals surface area contributed by atoms with Gasteiger partial charge in [0.05, 0.1) is 62.9 Å². The van der Waals surface area contributed by atoms with E-state index in [1.165, 1.54) is 6.33 Å². The molecule has 0 spiro atoms. The average Bonchev–Trinajstić information content (AvgIpc) is 3.92. The first-order valence-corrected chi connectivity index (χ1v) is 22.9. The second-order valence-electron chi connectivity index (χ2n) is 17.1. The Labute approximate surface area is 382 Å². The SMILES string of the molecule is C#CCC(C#N)COP(C1C[C@H](n2cnc3c(=O)[nH]c(NC(=O)C(C)(C)CC#C)nc32)O[C@@H]1COC(c1ccccc1)(c1ccc(OC)cc1)c1ccc(OC)cc1)N(C(C)C)C(C)C. The lowest BCUT2D eigenvalue weighted by Crippen LogP contribution is -2.41. The lowest BCUT2D eigenvalue weighted by atomic mass is 9.80. The minimum absolute atomic E-state index is 0.0381. The average molecular weight is 900 g/mol. The van der Waals surface area contributed by atoms with Crippen molar-refractivity contribution in [2.75, 3.05) is 32.8 Å². The molecule has 6 rings (SSSR count). The fourth-order valence-corrected chi connectivity index (χ4v) is 10.9. The second-order valence-corrected chi connectivity index (χ2v) is 19.1. The Bertz CT molecular complexity index is 2520. The van der Waals surface area contributed by atoms with Gasteiger partial charge in [-0.2, -0.15) is 10.2 Å². The molecular weight excluding hydrogens is 842 g/mol. The first-order chi connectivity index (χ1) is 31.2. The Morgan fingerprint density at radius 1 is 0.969 bits per heavy atom. The number of hydrogen-bond donors (Lipinski definition) is 2. The highest BCUT2D eigenvalue weighted by atomic mass is 31.2. The normalized spacial score (nSPS) is 17.4. The fourth-order valence-electron chi connectivity index (χ4n) is 8.19. The van der Waals surface area contributed by atoms with Gasteiger partial charge < -0.3 is 23.5 Å². The monoisotopic (exact) mass is 899 g/mol. The van der Waals surface area contributed by atoms with Gasteiger partial charge in [0.2, 0.25) is 11.9 Å². The smallest absolute Gasteiger partial charge is 0.280 e. The maximum absolute atomic E-state index is 13.5. The van der Waals surface area contributed by atoms with E-state index in [1.54, 1.807) is 32.6 Å². The van der Waals surface area contributed by atoms with Crippen LogP contribution >= 0.6 is 8.30 Å². The molecule has 0 aliphatic carbocycles. The highest BCUT2D eigenvalue weighted by molar-refractivity contribution is 7.51. The van der Waals surface area contributed by atoms with Crippen LogP contribution in [0.25, 0.3) is 11.2 Å². The number of hydrogen-bond acceptors (Lipinski definition) is 11. The summed E-state index contributed by atoms with van der Waals surface area (Å²) in [4.78, 5) is 38.6. The van der Waals surface area contributed by atoms with E-state index in [4.69, 9.17) is 41.3 Å². The van der Waals surface area contributed by atoms with Gasteiger partial charge in [0.15, 0.2) is 11.2 Å². The Morgan fingerprint density at radius 2 is 1.57 bits per heavy atom. The van der Waals surface area contributed by atoms with E-state index < -0.39 is 49.0 Å². The van der Waals surface area contributed by atoms with Crippen LogP contribution in [0.1, 0.15) is 83.7 Å². The molecule has 65 heavy (non-hydrogen) atoms. The number of terminal acetylenes is 2. The summed E-state index contributed by atoms with van der Waals surface area (Å²) >= 11 is 0. The van der Waals surface area contributed by atoms with Crippen molar-refractivity contribution >= 4 is 31.3 Å². The molecule has 0 bridgehead atoms. The Morgan fingerprint density at radius 3 is 2.11 bits per heavy atom. The van der Waals surface area contributed by atoms with Crippen LogP contribution in [0.2, 0.25) is 0 Å². The van der Waals surface area contributed by atoms with E-state index in [1.807, 2.05) is 78.9 Å². The van der Waals surface area contributed by atoms with Gasteiger partial charge in [-0.3, -0.25) is 29.1 Å². The van der Waals surface area contributed by atoms with E-state index in [0.717, 1.165) is 16.7 Å². The second kappa shape index (κ2) is 21.3. The summed E-state index contributed by atoms with van der Waals surface area (Å²) in [5.41, 5.74) is -0.0929. The van der Waals surface area contributed by atoms with Gasteiger partial charge >= 0.3 is 0 Å². The summed E-state index contributed by atoms with van der Waals surface area (Å²) in [5.74, 6) is 5.57. The third-order valence-corrected chi connectivity index (χ3v) is 14.4. The molecule has 3 unspecified atom stereocenters. The van der Waals surface area contributed by atoms with E-state index in [0.29, 0.717) is 17.9 Å². The Balaban J connectivity index is 1.49. The number of amides is 1. The molecule has 5 atom stereocenters. The number of carbonyl (C=O) groups is 1. The number of nitrogens with one attached hydrogen (secondary N) is 2. The number of H-pyrrole nitrogens is 1. The van der Waals surface area contributed by atoms with E-state index >= 15 is 0 Å². The minimum Gasteiger partial charge on any atom is -0.497 e. The number of imidazole rings is 1. The van der Waals surface area contributed by atoms with Crippen molar-refractivity contribution < 1.29 is 28.3 Å². The van der Waals surface area contributed by atoms with Crippen LogP contribution in [0.15, 0.2) is 90.0 Å². The lowest BCUT2D eigenvalue weighted by Gasteiger charge is -2.42. The topological polar surface area (TPSA) is 166 Å². The van der Waals surface area contributed by atoms with Crippen molar-refractivity contribution in [2.45, 2.75) is 96.5 Å². The molecule has 2 aromatic heterocycles. The number of methoxy groups -OCH3 is 2. The number of ether oxygens (including phenoxy) is 4. The predicted octanol–water partition coefficient (Wildman–Crippen LogP) is 8.40. The van der Waals surface area contributed by atoms with Gasteiger partial charge in [0, 0.05) is 31.3 Å². The number of carbonyl (C=O) groups excluding carboxylic acids is 1. The lowest BCUT2D eigenvalue weighted by molar-refractivity contribution is -0.123. The molecule has 1 saturated heterocycles. The quantitative estimate of drug-likeness (QED) is 0.0438. The molecule has 14 nitrogen and oxygen atoms in total. The molecule has 1 aliphatic rings. The number of fused-ring (bicyclic) bond motifs is 1. The first-order valence-electron chi connectivity index (χ1n) is 21.6. The highest BCUT2D eigenvalue weighted by Crippen LogP contribution is 2.57. The van der Waals surface area contributed by atoms with Gasteiger partial charge in [-0.15, -0.1) is 24.7 Å². The zero-order chi connectivity index (χ0) is 46.9. The molecule has 5 aromatic rings. The van der Waals surface area contributed by atoms with E-state index in [2.05, 4.69) is 65.6 Å². The van der Waals surface area contributed by atoms with Crippen LogP contribution in [0, 0.1) is 47.4 Å². The van der Waals surface area contributed by atoms with Crippen molar-refractivity contribution in [3.8, 4) is 42.3 Å². The van der Waals surface area contributed by atoms with Crippen molar-refractivity contribution in [1.82, 2.24) is 24.2 Å². The number of aromatic amines is 1. The molecule has 1 aliphatic heterocycles. The number of nitriles is 1. The molecule has 1 fully saturated rings. The van der Waals surface area contributed by atoms with Crippen LogP contribution in [0.3, 0.4) is 0 Å². The number of nitrogens with zero attached hydrogens (tertiary/aromatic N) is 5. The van der Waals surface area contributed by atoms with Gasteiger partial charge in [-0.25, -0.2) is 4.98 Å². The molecule has 3 heterocycles. The summed E-state index contributed by atoms with van der Waals surface area (Å²) in [5, 5.41) is 12.8. The van der Waals surface area contributed by atoms with Crippen molar-refractivity contribution in [3.63, 3.8) is 0 Å². The number of aromatic nitrogens is 4. The predicted molar refractivity (Wildman–Crippen MR) is 252 cm³/mol. The van der Waals surface area contributed by atoms with Crippen molar-refractivity contribution in [1.29, 1.82) is 5.26 Å². The number of anilines is 1. The largest absolute Gasteiger partial charge is 0.497 e. The van der Waals surface area contributed by atoms with Crippen LogP contribution in [0.4, 0.5) is 5.95 Å². The van der Waals surface area contributed by atoms with Gasteiger partial charge in [0.25, 0.3) is 5.56 Å². The molecule has 3 aromatic carbocycles. The molecule has 2 N–H and O–H groups in total. The van der Waals surface area contributed by atoms with Crippen molar-refractivity contribution in [3.05, 3.63) is 112 Å². The maximum atomic E-state index is 13.5. The zero-order valence-corrected chi connectivity index (χ0v) is 39.2. The Kier molecular flexibility index (Phi) is 15.9. The molecular formula is C50H58N7O7P. The summed E-state index contributed by atoms with van der Waals surface area (Å²) < 4.78 is 36.7. The summed E-state index contributed by atoms with van der Waals surface area (Å²) in [6.07, 6.45) is 12.2. The highest BCUT2D eigenvalue weighted by Gasteiger charge is 2.48. The number of benzene rings is 3. The third-order valence-electron chi connectivity index (χ3n) is 11.5. The zero-order valence-electron chi connectivity index (χ0n) is 38.3. The fraction of sp³-hybridized carbons (Fsp3) is 0.420. The van der Waals surface area contributed by atoms with Gasteiger partial charge in [0.1, 0.15) is 31.6 Å². The first kappa shape index (κ1) is 48.4. The van der Waals surface area contributed by atoms with E-state index in [9.17, 15) is 14.9 Å². The summed E-state index contributed by atoms with van der Waals surface area (Å²) in [6.45, 7) is 12.1.